The van der Waals surface area contributed by atoms with Gasteiger partial charge in [0.25, 0.3) is 10.0 Å². The lowest BCUT2D eigenvalue weighted by Crippen LogP contribution is -2.38. The van der Waals surface area contributed by atoms with Gasteiger partial charge in [0.15, 0.2) is 11.5 Å². The first-order valence-corrected chi connectivity index (χ1v) is 11.2. The molecule has 0 atom stereocenters. The van der Waals surface area contributed by atoms with Crippen LogP contribution >= 0.6 is 0 Å². The molecule has 0 spiro atoms. The molecular formula is C23H19N3O5S. The van der Waals surface area contributed by atoms with Crippen molar-refractivity contribution in [3.63, 3.8) is 0 Å². The van der Waals surface area contributed by atoms with Crippen LogP contribution in [-0.2, 0) is 14.8 Å². The molecule has 162 valence electrons. The van der Waals surface area contributed by atoms with E-state index in [1.807, 2.05) is 6.07 Å². The van der Waals surface area contributed by atoms with Crippen LogP contribution in [0, 0.1) is 11.3 Å². The van der Waals surface area contributed by atoms with Gasteiger partial charge in [0.2, 0.25) is 5.91 Å². The number of fused-ring (bicyclic) bond motifs is 1. The number of anilines is 2. The van der Waals surface area contributed by atoms with Gasteiger partial charge in [-0.1, -0.05) is 18.2 Å². The van der Waals surface area contributed by atoms with Gasteiger partial charge in [0, 0.05) is 11.8 Å². The fraction of sp³-hybridized carbons (Fsp3) is 0.130. The van der Waals surface area contributed by atoms with Crippen LogP contribution in [0.2, 0.25) is 0 Å². The Hall–Kier alpha value is -4.03. The third kappa shape index (κ3) is 4.50. The van der Waals surface area contributed by atoms with Crippen molar-refractivity contribution in [1.29, 1.82) is 5.26 Å². The van der Waals surface area contributed by atoms with Crippen LogP contribution < -0.4 is 19.1 Å². The fourth-order valence-electron chi connectivity index (χ4n) is 3.19. The summed E-state index contributed by atoms with van der Waals surface area (Å²) in [7, 11) is -4.06. The number of benzene rings is 3. The predicted molar refractivity (Wildman–Crippen MR) is 118 cm³/mol. The number of para-hydroxylation sites is 1. The summed E-state index contributed by atoms with van der Waals surface area (Å²) in [4.78, 5) is 12.8. The maximum Gasteiger partial charge on any atom is 0.264 e. The standard InChI is InChI=1S/C23H19N3O5S/c24-15-17-6-9-20(10-7-17)32(28,29)26(19-4-2-1-3-5-19)16-23(27)25-18-8-11-21-22(14-18)31-13-12-30-21/h1-11,14H,12-13,16H2,(H,25,27). The molecule has 3 aromatic carbocycles. The second kappa shape index (κ2) is 8.99. The Balaban J connectivity index is 1.60. The van der Waals surface area contributed by atoms with Gasteiger partial charge in [-0.15, -0.1) is 0 Å². The van der Waals surface area contributed by atoms with Crippen LogP contribution in [0.5, 0.6) is 11.5 Å². The summed E-state index contributed by atoms with van der Waals surface area (Å²) in [6.07, 6.45) is 0. The van der Waals surface area contributed by atoms with Crippen molar-refractivity contribution in [3.05, 3.63) is 78.4 Å². The molecule has 8 nitrogen and oxygen atoms in total. The van der Waals surface area contributed by atoms with E-state index in [9.17, 15) is 13.2 Å². The van der Waals surface area contributed by atoms with Crippen LogP contribution in [0.15, 0.2) is 77.7 Å². The quantitative estimate of drug-likeness (QED) is 0.619. The molecule has 0 bridgehead atoms. The van der Waals surface area contributed by atoms with Crippen LogP contribution in [0.3, 0.4) is 0 Å². The van der Waals surface area contributed by atoms with Gasteiger partial charge in [0.05, 0.1) is 22.2 Å². The molecule has 0 unspecified atom stereocenters. The van der Waals surface area contributed by atoms with Gasteiger partial charge in [-0.25, -0.2) is 8.42 Å². The SMILES string of the molecule is N#Cc1ccc(S(=O)(=O)N(CC(=O)Nc2ccc3c(c2)OCCO3)c2ccccc2)cc1. The summed E-state index contributed by atoms with van der Waals surface area (Å²) >= 11 is 0. The minimum Gasteiger partial charge on any atom is -0.486 e. The molecule has 0 fully saturated rings. The minimum absolute atomic E-state index is 0.0208. The van der Waals surface area contributed by atoms with Crippen LogP contribution in [0.25, 0.3) is 0 Å². The summed E-state index contributed by atoms with van der Waals surface area (Å²) in [5.41, 5.74) is 1.14. The summed E-state index contributed by atoms with van der Waals surface area (Å²) < 4.78 is 38.7. The molecule has 1 N–H and O–H groups in total. The Morgan fingerprint density at radius 1 is 0.969 bits per heavy atom. The molecule has 1 aliphatic heterocycles. The number of hydrogen-bond acceptors (Lipinski definition) is 6. The van der Waals surface area contributed by atoms with Gasteiger partial charge in [0.1, 0.15) is 19.8 Å². The van der Waals surface area contributed by atoms with E-state index in [4.69, 9.17) is 14.7 Å². The van der Waals surface area contributed by atoms with E-state index in [1.165, 1.54) is 24.3 Å². The number of nitrogens with zero attached hydrogens (tertiary/aromatic N) is 2. The number of nitrogens with one attached hydrogen (secondary N) is 1. The third-order valence-corrected chi connectivity index (χ3v) is 6.52. The number of rotatable bonds is 6. The second-order valence-electron chi connectivity index (χ2n) is 6.89. The number of nitriles is 1. The topological polar surface area (TPSA) is 109 Å². The van der Waals surface area contributed by atoms with E-state index in [0.29, 0.717) is 41.7 Å². The molecule has 3 aromatic rings. The van der Waals surface area contributed by atoms with Gasteiger partial charge >= 0.3 is 0 Å². The highest BCUT2D eigenvalue weighted by Crippen LogP contribution is 2.32. The summed E-state index contributed by atoms with van der Waals surface area (Å²) in [5.74, 6) is 0.575. The Labute approximate surface area is 185 Å². The highest BCUT2D eigenvalue weighted by atomic mass is 32.2. The van der Waals surface area contributed by atoms with Gasteiger partial charge < -0.3 is 14.8 Å². The lowest BCUT2D eigenvalue weighted by Gasteiger charge is -2.24. The van der Waals surface area contributed by atoms with Crippen molar-refractivity contribution < 1.29 is 22.7 Å². The molecule has 9 heteroatoms. The monoisotopic (exact) mass is 449 g/mol. The zero-order valence-electron chi connectivity index (χ0n) is 16.9. The molecule has 1 heterocycles. The molecule has 4 rings (SSSR count). The maximum absolute atomic E-state index is 13.3. The van der Waals surface area contributed by atoms with Crippen molar-refractivity contribution in [2.75, 3.05) is 29.4 Å². The van der Waals surface area contributed by atoms with Crippen molar-refractivity contribution in [3.8, 4) is 17.6 Å². The molecule has 0 aromatic heterocycles. The van der Waals surface area contributed by atoms with Crippen LogP contribution in [-0.4, -0.2) is 34.1 Å². The predicted octanol–water partition coefficient (Wildman–Crippen LogP) is 3.16. The average molecular weight is 449 g/mol. The zero-order valence-corrected chi connectivity index (χ0v) is 17.7. The first-order chi connectivity index (χ1) is 15.5. The number of carbonyl (C=O) groups is 1. The fourth-order valence-corrected chi connectivity index (χ4v) is 4.61. The van der Waals surface area contributed by atoms with Gasteiger partial charge in [-0.3, -0.25) is 9.10 Å². The Kier molecular flexibility index (Phi) is 5.96. The smallest absolute Gasteiger partial charge is 0.264 e. The summed E-state index contributed by atoms with van der Waals surface area (Å²) in [6, 6.07) is 20.8. The van der Waals surface area contributed by atoms with E-state index < -0.39 is 22.5 Å². The maximum atomic E-state index is 13.3. The van der Waals surface area contributed by atoms with Crippen LogP contribution in [0.4, 0.5) is 11.4 Å². The highest BCUT2D eigenvalue weighted by Gasteiger charge is 2.27. The lowest BCUT2D eigenvalue weighted by molar-refractivity contribution is -0.114. The number of sulfonamides is 1. The highest BCUT2D eigenvalue weighted by molar-refractivity contribution is 7.92. The van der Waals surface area contributed by atoms with E-state index in [1.54, 1.807) is 48.5 Å². The largest absolute Gasteiger partial charge is 0.486 e. The molecule has 0 aliphatic carbocycles. The molecule has 1 aliphatic rings. The van der Waals surface area contributed by atoms with Crippen LogP contribution in [0.1, 0.15) is 5.56 Å². The second-order valence-corrected chi connectivity index (χ2v) is 8.75. The van der Waals surface area contributed by atoms with Crippen molar-refractivity contribution in [1.82, 2.24) is 0 Å². The van der Waals surface area contributed by atoms with E-state index in [2.05, 4.69) is 5.32 Å². The molecular weight excluding hydrogens is 430 g/mol. The number of carbonyl (C=O) groups excluding carboxylic acids is 1. The molecule has 1 amide bonds. The van der Waals surface area contributed by atoms with Gasteiger partial charge in [-0.2, -0.15) is 5.26 Å². The lowest BCUT2D eigenvalue weighted by atomic mass is 10.2. The normalized spacial score (nSPS) is 12.5. The first-order valence-electron chi connectivity index (χ1n) is 9.75. The third-order valence-electron chi connectivity index (χ3n) is 4.73. The number of ether oxygens (including phenoxy) is 2. The van der Waals surface area contributed by atoms with Crippen molar-refractivity contribution in [2.45, 2.75) is 4.90 Å². The van der Waals surface area contributed by atoms with E-state index in [0.717, 1.165) is 4.31 Å². The molecule has 0 saturated heterocycles. The van der Waals surface area contributed by atoms with E-state index in [-0.39, 0.29) is 4.90 Å². The Morgan fingerprint density at radius 2 is 1.66 bits per heavy atom. The Bertz CT molecular complexity index is 1270. The molecule has 32 heavy (non-hydrogen) atoms. The summed E-state index contributed by atoms with van der Waals surface area (Å²) in [5, 5.41) is 11.7. The van der Waals surface area contributed by atoms with Crippen molar-refractivity contribution >= 4 is 27.3 Å². The molecule has 0 radical (unpaired) electrons. The van der Waals surface area contributed by atoms with Gasteiger partial charge in [-0.05, 0) is 48.5 Å². The minimum atomic E-state index is -4.06. The van der Waals surface area contributed by atoms with E-state index >= 15 is 0 Å². The number of hydrogen-bond donors (Lipinski definition) is 1. The van der Waals surface area contributed by atoms with Crippen molar-refractivity contribution in [2.24, 2.45) is 0 Å². The Morgan fingerprint density at radius 3 is 2.34 bits per heavy atom. The first kappa shape index (κ1) is 21.2. The average Bonchev–Trinajstić information content (AvgIpc) is 2.83. The molecule has 0 saturated carbocycles. The zero-order chi connectivity index (χ0) is 22.6. The number of amides is 1. The summed E-state index contributed by atoms with van der Waals surface area (Å²) in [6.45, 7) is 0.424.